The van der Waals surface area contributed by atoms with Gasteiger partial charge in [-0.3, -0.25) is 10.1 Å². The maximum absolute atomic E-state index is 10.7. The lowest BCUT2D eigenvalue weighted by molar-refractivity contribution is -0.384. The summed E-state index contributed by atoms with van der Waals surface area (Å²) in [7, 11) is 0. The van der Waals surface area contributed by atoms with Crippen LogP contribution in [0.5, 0.6) is 0 Å². The van der Waals surface area contributed by atoms with E-state index in [0.29, 0.717) is 28.5 Å². The quantitative estimate of drug-likeness (QED) is 0.445. The first-order valence-corrected chi connectivity index (χ1v) is 7.39. The molecule has 0 radical (unpaired) electrons. The average Bonchev–Trinajstić information content (AvgIpc) is 3.08. The molecule has 1 N–H and O–H groups in total. The van der Waals surface area contributed by atoms with Crippen LogP contribution in [0.25, 0.3) is 22.7 Å². The van der Waals surface area contributed by atoms with Crippen LogP contribution in [0.15, 0.2) is 65.3 Å². The van der Waals surface area contributed by atoms with Crippen LogP contribution in [0.4, 0.5) is 17.2 Å². The molecule has 0 aliphatic heterocycles. The highest BCUT2D eigenvalue weighted by Crippen LogP contribution is 2.28. The van der Waals surface area contributed by atoms with E-state index in [9.17, 15) is 10.1 Å². The minimum atomic E-state index is -0.455. The van der Waals surface area contributed by atoms with Crippen LogP contribution in [-0.4, -0.2) is 19.9 Å². The van der Waals surface area contributed by atoms with Crippen molar-refractivity contribution in [3.8, 4) is 11.5 Å². The lowest BCUT2D eigenvalue weighted by atomic mass is 10.2. The second-order valence-electron chi connectivity index (χ2n) is 5.19. The van der Waals surface area contributed by atoms with Gasteiger partial charge in [-0.05, 0) is 24.3 Å². The van der Waals surface area contributed by atoms with Crippen molar-refractivity contribution in [3.63, 3.8) is 0 Å². The third-order valence-corrected chi connectivity index (χ3v) is 3.56. The Morgan fingerprint density at radius 1 is 1.00 bits per heavy atom. The Morgan fingerprint density at radius 3 is 2.48 bits per heavy atom. The average molecular weight is 333 g/mol. The van der Waals surface area contributed by atoms with E-state index in [-0.39, 0.29) is 5.69 Å². The summed E-state index contributed by atoms with van der Waals surface area (Å²) in [5.41, 5.74) is 2.31. The van der Waals surface area contributed by atoms with E-state index >= 15 is 0 Å². The molecule has 2 heterocycles. The molecule has 0 unspecified atom stereocenters. The lowest BCUT2D eigenvalue weighted by Gasteiger charge is -2.04. The Kier molecular flexibility index (Phi) is 3.55. The number of nitro benzene ring substituents is 1. The second-order valence-corrected chi connectivity index (χ2v) is 5.19. The SMILES string of the molecule is O=[N+]([O-])c1ccc(-c2nc3c(Nc4ccccc4)ncnc3o2)cc1. The molecule has 0 fully saturated rings. The molecule has 0 aliphatic rings. The van der Waals surface area contributed by atoms with Crippen molar-refractivity contribution in [2.45, 2.75) is 0 Å². The summed E-state index contributed by atoms with van der Waals surface area (Å²) in [5, 5.41) is 13.9. The van der Waals surface area contributed by atoms with E-state index in [2.05, 4.69) is 20.3 Å². The number of para-hydroxylation sites is 1. The van der Waals surface area contributed by atoms with Crippen LogP contribution >= 0.6 is 0 Å². The van der Waals surface area contributed by atoms with Gasteiger partial charge in [-0.25, -0.2) is 9.97 Å². The number of hydrogen-bond acceptors (Lipinski definition) is 7. The van der Waals surface area contributed by atoms with Gasteiger partial charge in [0.15, 0.2) is 11.3 Å². The van der Waals surface area contributed by atoms with E-state index in [0.717, 1.165) is 5.69 Å². The van der Waals surface area contributed by atoms with Gasteiger partial charge in [-0.2, -0.15) is 4.98 Å². The molecule has 0 spiro atoms. The van der Waals surface area contributed by atoms with Crippen molar-refractivity contribution in [1.29, 1.82) is 0 Å². The fourth-order valence-corrected chi connectivity index (χ4v) is 2.35. The smallest absolute Gasteiger partial charge is 0.269 e. The number of hydrogen-bond donors (Lipinski definition) is 1. The maximum atomic E-state index is 10.7. The van der Waals surface area contributed by atoms with Gasteiger partial charge in [-0.15, -0.1) is 0 Å². The summed E-state index contributed by atoms with van der Waals surface area (Å²) in [5.74, 6) is 0.842. The molecule has 0 bridgehead atoms. The number of rotatable bonds is 4. The number of nitro groups is 1. The third kappa shape index (κ3) is 2.88. The van der Waals surface area contributed by atoms with Crippen LogP contribution in [0.1, 0.15) is 0 Å². The third-order valence-electron chi connectivity index (χ3n) is 3.56. The zero-order valence-electron chi connectivity index (χ0n) is 12.8. The monoisotopic (exact) mass is 333 g/mol. The van der Waals surface area contributed by atoms with E-state index in [1.807, 2.05) is 30.3 Å². The van der Waals surface area contributed by atoms with Gasteiger partial charge in [0.2, 0.25) is 5.89 Å². The molecular weight excluding hydrogens is 322 g/mol. The van der Waals surface area contributed by atoms with E-state index in [4.69, 9.17) is 4.42 Å². The molecule has 8 heteroatoms. The van der Waals surface area contributed by atoms with E-state index in [1.165, 1.54) is 18.5 Å². The van der Waals surface area contributed by atoms with Crippen molar-refractivity contribution in [3.05, 3.63) is 71.0 Å². The molecule has 122 valence electrons. The number of anilines is 2. The summed E-state index contributed by atoms with van der Waals surface area (Å²) in [6.07, 6.45) is 1.39. The predicted octanol–water partition coefficient (Wildman–Crippen LogP) is 3.94. The van der Waals surface area contributed by atoms with E-state index < -0.39 is 4.92 Å². The minimum absolute atomic E-state index is 0.00564. The van der Waals surface area contributed by atoms with Gasteiger partial charge < -0.3 is 9.73 Å². The molecule has 4 rings (SSSR count). The zero-order chi connectivity index (χ0) is 17.2. The largest absolute Gasteiger partial charge is 0.417 e. The van der Waals surface area contributed by atoms with E-state index in [1.54, 1.807) is 12.1 Å². The molecule has 0 saturated heterocycles. The van der Waals surface area contributed by atoms with Crippen molar-refractivity contribution >= 4 is 28.4 Å². The topological polar surface area (TPSA) is 107 Å². The number of fused-ring (bicyclic) bond motifs is 1. The molecule has 25 heavy (non-hydrogen) atoms. The standard InChI is InChI=1S/C17H11N5O3/c23-22(24)13-8-6-11(7-9-13)16-21-14-15(18-10-19-17(14)25-16)20-12-4-2-1-3-5-12/h1-10H,(H,18,19,20). The first-order valence-electron chi connectivity index (χ1n) is 7.39. The van der Waals surface area contributed by atoms with Crippen LogP contribution in [0, 0.1) is 10.1 Å². The highest BCUT2D eigenvalue weighted by molar-refractivity contribution is 5.85. The van der Waals surface area contributed by atoms with Gasteiger partial charge in [0.05, 0.1) is 4.92 Å². The summed E-state index contributed by atoms with van der Waals surface area (Å²) in [4.78, 5) is 23.0. The molecule has 2 aromatic heterocycles. The number of nitrogens with one attached hydrogen (secondary N) is 1. The highest BCUT2D eigenvalue weighted by Gasteiger charge is 2.15. The van der Waals surface area contributed by atoms with Crippen molar-refractivity contribution in [1.82, 2.24) is 15.0 Å². The molecule has 0 aliphatic carbocycles. The second kappa shape index (κ2) is 6.00. The number of non-ortho nitro benzene ring substituents is 1. The number of benzene rings is 2. The summed E-state index contributed by atoms with van der Waals surface area (Å²) in [6.45, 7) is 0. The number of nitrogens with zero attached hydrogens (tertiary/aromatic N) is 4. The van der Waals surface area contributed by atoms with Crippen molar-refractivity contribution < 1.29 is 9.34 Å². The number of oxazole rings is 1. The Labute approximate surface area is 141 Å². The van der Waals surface area contributed by atoms with Gasteiger partial charge in [-0.1, -0.05) is 18.2 Å². The fourth-order valence-electron chi connectivity index (χ4n) is 2.35. The first-order chi connectivity index (χ1) is 12.2. The predicted molar refractivity (Wildman–Crippen MR) is 91.4 cm³/mol. The van der Waals surface area contributed by atoms with Crippen molar-refractivity contribution in [2.24, 2.45) is 0 Å². The van der Waals surface area contributed by atoms with Crippen LogP contribution in [0.2, 0.25) is 0 Å². The van der Waals surface area contributed by atoms with Gasteiger partial charge >= 0.3 is 0 Å². The molecule has 2 aromatic carbocycles. The van der Waals surface area contributed by atoms with Crippen molar-refractivity contribution in [2.75, 3.05) is 5.32 Å². The lowest BCUT2D eigenvalue weighted by Crippen LogP contribution is -1.95. The molecule has 0 atom stereocenters. The molecule has 0 saturated carbocycles. The summed E-state index contributed by atoms with van der Waals surface area (Å²) < 4.78 is 5.66. The molecule has 4 aromatic rings. The Morgan fingerprint density at radius 2 is 1.76 bits per heavy atom. The van der Waals surface area contributed by atoms with Crippen LogP contribution in [0.3, 0.4) is 0 Å². The fraction of sp³-hybridized carbons (Fsp3) is 0. The Hall–Kier alpha value is -3.81. The zero-order valence-corrected chi connectivity index (χ0v) is 12.8. The van der Waals surface area contributed by atoms with Gasteiger partial charge in [0, 0.05) is 23.4 Å². The highest BCUT2D eigenvalue weighted by atomic mass is 16.6. The molecule has 8 nitrogen and oxygen atoms in total. The van der Waals surface area contributed by atoms with Gasteiger partial charge in [0.1, 0.15) is 6.33 Å². The van der Waals surface area contributed by atoms with Crippen LogP contribution in [-0.2, 0) is 0 Å². The summed E-state index contributed by atoms with van der Waals surface area (Å²) in [6, 6.07) is 15.5. The molecule has 0 amide bonds. The summed E-state index contributed by atoms with van der Waals surface area (Å²) >= 11 is 0. The minimum Gasteiger partial charge on any atom is -0.417 e. The van der Waals surface area contributed by atoms with Gasteiger partial charge in [0.25, 0.3) is 11.4 Å². The normalized spacial score (nSPS) is 10.7. The Bertz CT molecular complexity index is 1050. The first kappa shape index (κ1) is 14.8. The van der Waals surface area contributed by atoms with Crippen LogP contribution < -0.4 is 5.32 Å². The maximum Gasteiger partial charge on any atom is 0.269 e. The Balaban J connectivity index is 1.72. The number of aromatic nitrogens is 3. The molecular formula is C17H11N5O3.